The van der Waals surface area contributed by atoms with Gasteiger partial charge in [0, 0.05) is 50.9 Å². The van der Waals surface area contributed by atoms with Crippen LogP contribution < -0.4 is 0 Å². The lowest BCUT2D eigenvalue weighted by Crippen LogP contribution is -2.55. The Bertz CT molecular complexity index is 671. The number of nitrogens with zero attached hydrogens (tertiary/aromatic N) is 4. The van der Waals surface area contributed by atoms with E-state index in [1.807, 2.05) is 16.7 Å². The second kappa shape index (κ2) is 8.40. The number of amides is 2. The van der Waals surface area contributed by atoms with Crippen molar-refractivity contribution in [3.8, 4) is 0 Å². The largest absolute Gasteiger partial charge is 0.342 e. The van der Waals surface area contributed by atoms with E-state index in [1.165, 1.54) is 0 Å². The molecule has 0 bridgehead atoms. The number of aromatic amines is 1. The first-order valence-electron chi connectivity index (χ1n) is 10.3. The molecule has 3 heterocycles. The van der Waals surface area contributed by atoms with Crippen LogP contribution >= 0.6 is 0 Å². The number of carbonyl (C=O) groups is 2. The van der Waals surface area contributed by atoms with Crippen molar-refractivity contribution in [2.75, 3.05) is 26.2 Å². The molecule has 3 rings (SSSR count). The van der Waals surface area contributed by atoms with Crippen LogP contribution in [0.25, 0.3) is 0 Å². The lowest BCUT2D eigenvalue weighted by molar-refractivity contribution is -0.143. The lowest BCUT2D eigenvalue weighted by Gasteiger charge is -2.48. The Morgan fingerprint density at radius 3 is 2.81 bits per heavy atom. The Morgan fingerprint density at radius 1 is 1.30 bits per heavy atom. The number of H-pyrrole nitrogens is 1. The highest BCUT2D eigenvalue weighted by Gasteiger charge is 2.42. The molecule has 1 spiro atoms. The van der Waals surface area contributed by atoms with E-state index in [1.54, 1.807) is 0 Å². The molecule has 0 aromatic carbocycles. The van der Waals surface area contributed by atoms with Crippen molar-refractivity contribution in [3.63, 3.8) is 0 Å². The van der Waals surface area contributed by atoms with Crippen LogP contribution in [0.5, 0.6) is 0 Å². The van der Waals surface area contributed by atoms with E-state index in [9.17, 15) is 9.59 Å². The Labute approximate surface area is 161 Å². The van der Waals surface area contributed by atoms with Crippen LogP contribution in [0, 0.1) is 18.3 Å². The number of aromatic nitrogens is 3. The molecule has 1 aromatic rings. The van der Waals surface area contributed by atoms with Crippen molar-refractivity contribution in [2.45, 2.75) is 65.7 Å². The summed E-state index contributed by atoms with van der Waals surface area (Å²) in [6.45, 7) is 9.51. The van der Waals surface area contributed by atoms with Crippen molar-refractivity contribution in [2.24, 2.45) is 11.3 Å². The summed E-state index contributed by atoms with van der Waals surface area (Å²) in [4.78, 5) is 33.4. The normalized spacial score (nSPS) is 23.5. The summed E-state index contributed by atoms with van der Waals surface area (Å²) in [5.41, 5.74) is 0.0833. The summed E-state index contributed by atoms with van der Waals surface area (Å²) in [6, 6.07) is 0. The minimum Gasteiger partial charge on any atom is -0.342 e. The summed E-state index contributed by atoms with van der Waals surface area (Å²) < 4.78 is 0. The van der Waals surface area contributed by atoms with Crippen LogP contribution in [-0.2, 0) is 16.0 Å². The van der Waals surface area contributed by atoms with Gasteiger partial charge >= 0.3 is 0 Å². The fourth-order valence-corrected chi connectivity index (χ4v) is 4.35. The van der Waals surface area contributed by atoms with E-state index < -0.39 is 0 Å². The Morgan fingerprint density at radius 2 is 2.11 bits per heavy atom. The van der Waals surface area contributed by atoms with Crippen LogP contribution in [0.1, 0.15) is 64.0 Å². The zero-order valence-corrected chi connectivity index (χ0v) is 17.0. The third-order valence-corrected chi connectivity index (χ3v) is 5.94. The van der Waals surface area contributed by atoms with E-state index >= 15 is 0 Å². The minimum atomic E-state index is 0.0833. The minimum absolute atomic E-state index is 0.0833. The fraction of sp³-hybridized carbons (Fsp3) is 0.800. The molecule has 27 heavy (non-hydrogen) atoms. The van der Waals surface area contributed by atoms with Crippen LogP contribution in [-0.4, -0.2) is 63.0 Å². The van der Waals surface area contributed by atoms with Gasteiger partial charge in [0.15, 0.2) is 5.82 Å². The van der Waals surface area contributed by atoms with Crippen molar-refractivity contribution in [3.05, 3.63) is 11.6 Å². The molecule has 1 atom stereocenters. The number of hydrogen-bond donors (Lipinski definition) is 1. The van der Waals surface area contributed by atoms with Crippen molar-refractivity contribution in [1.82, 2.24) is 25.0 Å². The fourth-order valence-electron chi connectivity index (χ4n) is 4.35. The molecular weight excluding hydrogens is 342 g/mol. The lowest BCUT2D eigenvalue weighted by atomic mass is 9.73. The van der Waals surface area contributed by atoms with Gasteiger partial charge in [-0.3, -0.25) is 14.7 Å². The van der Waals surface area contributed by atoms with Gasteiger partial charge in [-0.25, -0.2) is 4.98 Å². The highest BCUT2D eigenvalue weighted by atomic mass is 16.2. The smallest absolute Gasteiger partial charge is 0.223 e. The third-order valence-electron chi connectivity index (χ3n) is 5.94. The van der Waals surface area contributed by atoms with Crippen LogP contribution in [0.2, 0.25) is 0 Å². The molecular formula is C20H33N5O2. The van der Waals surface area contributed by atoms with Gasteiger partial charge in [-0.2, -0.15) is 5.10 Å². The number of hydrogen-bond acceptors (Lipinski definition) is 4. The number of piperidine rings is 2. The van der Waals surface area contributed by atoms with Crippen LogP contribution in [0.4, 0.5) is 0 Å². The number of aryl methyl sites for hydroxylation is 2. The Kier molecular flexibility index (Phi) is 6.17. The van der Waals surface area contributed by atoms with Crippen molar-refractivity contribution < 1.29 is 9.59 Å². The van der Waals surface area contributed by atoms with Gasteiger partial charge in [0.05, 0.1) is 0 Å². The molecule has 1 N–H and O–H groups in total. The number of carbonyl (C=O) groups excluding carboxylic acids is 2. The Hall–Kier alpha value is -1.92. The molecule has 0 saturated carbocycles. The van der Waals surface area contributed by atoms with E-state index in [2.05, 4.69) is 29.0 Å². The van der Waals surface area contributed by atoms with E-state index in [0.717, 1.165) is 57.7 Å². The van der Waals surface area contributed by atoms with Crippen molar-refractivity contribution in [1.29, 1.82) is 0 Å². The van der Waals surface area contributed by atoms with Gasteiger partial charge in [-0.05, 0) is 38.5 Å². The Balaban J connectivity index is 1.57. The SMILES string of the molecule is Cc1nc(CCC(=O)N2CCCC3(CCC(=O)N(CCC(C)C)C3)C2)n[nH]1. The average Bonchev–Trinajstić information content (AvgIpc) is 3.06. The maximum atomic E-state index is 12.7. The first kappa shape index (κ1) is 19.8. The molecule has 2 aliphatic heterocycles. The molecule has 1 aromatic heterocycles. The van der Waals surface area contributed by atoms with E-state index in [4.69, 9.17) is 0 Å². The number of nitrogens with one attached hydrogen (secondary N) is 1. The standard InChI is InChI=1S/C20H33N5O2/c1-15(2)8-12-25-14-20(10-7-19(25)27)9-4-11-24(13-20)18(26)6-5-17-21-16(3)22-23-17/h15H,4-14H2,1-3H3,(H,21,22,23). The first-order chi connectivity index (χ1) is 12.9. The second-order valence-electron chi connectivity index (χ2n) is 8.75. The summed E-state index contributed by atoms with van der Waals surface area (Å²) in [7, 11) is 0. The molecule has 150 valence electrons. The van der Waals surface area contributed by atoms with Gasteiger partial charge in [-0.15, -0.1) is 0 Å². The van der Waals surface area contributed by atoms with Crippen LogP contribution in [0.3, 0.4) is 0 Å². The van der Waals surface area contributed by atoms with Gasteiger partial charge < -0.3 is 9.80 Å². The molecule has 0 radical (unpaired) electrons. The molecule has 2 fully saturated rings. The summed E-state index contributed by atoms with van der Waals surface area (Å²) in [5.74, 6) is 2.55. The third kappa shape index (κ3) is 5.08. The highest BCUT2D eigenvalue weighted by molar-refractivity contribution is 5.78. The number of likely N-dealkylation sites (tertiary alicyclic amines) is 2. The predicted octanol–water partition coefficient (Wildman–Crippen LogP) is 2.32. The highest BCUT2D eigenvalue weighted by Crippen LogP contribution is 2.39. The van der Waals surface area contributed by atoms with E-state index in [0.29, 0.717) is 31.0 Å². The zero-order valence-electron chi connectivity index (χ0n) is 17.0. The van der Waals surface area contributed by atoms with Gasteiger partial charge in [0.2, 0.25) is 11.8 Å². The maximum absolute atomic E-state index is 12.7. The van der Waals surface area contributed by atoms with Gasteiger partial charge in [-0.1, -0.05) is 13.8 Å². The average molecular weight is 376 g/mol. The predicted molar refractivity (Wildman–Crippen MR) is 103 cm³/mol. The van der Waals surface area contributed by atoms with E-state index in [-0.39, 0.29) is 17.2 Å². The van der Waals surface area contributed by atoms with Crippen molar-refractivity contribution >= 4 is 11.8 Å². The topological polar surface area (TPSA) is 82.2 Å². The molecule has 2 aliphatic rings. The monoisotopic (exact) mass is 375 g/mol. The molecule has 7 heteroatoms. The zero-order chi connectivity index (χ0) is 19.4. The second-order valence-corrected chi connectivity index (χ2v) is 8.75. The summed E-state index contributed by atoms with van der Waals surface area (Å²) in [5, 5.41) is 6.94. The molecule has 1 unspecified atom stereocenters. The molecule has 2 saturated heterocycles. The quantitative estimate of drug-likeness (QED) is 0.827. The van der Waals surface area contributed by atoms with Crippen LogP contribution in [0.15, 0.2) is 0 Å². The number of rotatable bonds is 6. The molecule has 0 aliphatic carbocycles. The maximum Gasteiger partial charge on any atom is 0.223 e. The molecule has 7 nitrogen and oxygen atoms in total. The summed E-state index contributed by atoms with van der Waals surface area (Å²) in [6.07, 6.45) is 5.74. The van der Waals surface area contributed by atoms with Gasteiger partial charge in [0.25, 0.3) is 0 Å². The first-order valence-corrected chi connectivity index (χ1v) is 10.3. The summed E-state index contributed by atoms with van der Waals surface area (Å²) >= 11 is 0. The van der Waals surface area contributed by atoms with Gasteiger partial charge in [0.1, 0.15) is 5.82 Å². The molecule has 2 amide bonds.